The number of hydrogen-bond acceptors (Lipinski definition) is 1. The third-order valence-corrected chi connectivity index (χ3v) is 4.16. The average Bonchev–Trinajstić information content (AvgIpc) is 3.28. The molecule has 1 aliphatic rings. The van der Waals surface area contributed by atoms with E-state index in [0.717, 1.165) is 23.4 Å². The largest absolute Gasteiger partial charge is 0.248 e. The second-order valence-electron chi connectivity index (χ2n) is 5.60. The van der Waals surface area contributed by atoms with Crippen LogP contribution in [0.2, 0.25) is 0 Å². The Labute approximate surface area is 113 Å². The van der Waals surface area contributed by atoms with E-state index in [1.807, 2.05) is 0 Å². The molecule has 1 saturated carbocycles. The maximum Gasteiger partial charge on any atom is 0.0712 e. The monoisotopic (exact) mass is 247 g/mol. The zero-order valence-electron chi connectivity index (χ0n) is 11.2. The number of rotatable bonds is 2. The van der Waals surface area contributed by atoms with Crippen LogP contribution in [0.1, 0.15) is 36.8 Å². The van der Waals surface area contributed by atoms with Crippen LogP contribution in [0.25, 0.3) is 21.8 Å². The first-order chi connectivity index (χ1) is 9.33. The second kappa shape index (κ2) is 4.06. The summed E-state index contributed by atoms with van der Waals surface area (Å²) >= 11 is 0. The Balaban J connectivity index is 1.94. The summed E-state index contributed by atoms with van der Waals surface area (Å²) in [7, 11) is 0. The van der Waals surface area contributed by atoms with Crippen LogP contribution in [0.5, 0.6) is 0 Å². The van der Waals surface area contributed by atoms with E-state index in [4.69, 9.17) is 4.98 Å². The number of fused-ring (bicyclic) bond motifs is 2. The molecule has 0 saturated heterocycles. The molecule has 1 heteroatoms. The van der Waals surface area contributed by atoms with E-state index >= 15 is 0 Å². The van der Waals surface area contributed by atoms with Crippen LogP contribution in [0.15, 0.2) is 42.5 Å². The molecule has 94 valence electrons. The van der Waals surface area contributed by atoms with E-state index in [1.54, 1.807) is 0 Å². The Hall–Kier alpha value is -1.89. The normalized spacial score (nSPS) is 15.2. The third kappa shape index (κ3) is 1.90. The molecule has 2 aromatic carbocycles. The van der Waals surface area contributed by atoms with Gasteiger partial charge in [0.25, 0.3) is 0 Å². The lowest BCUT2D eigenvalue weighted by Gasteiger charge is -2.05. The molecule has 0 N–H and O–H groups in total. The van der Waals surface area contributed by atoms with Crippen molar-refractivity contribution >= 4 is 21.8 Å². The van der Waals surface area contributed by atoms with Crippen molar-refractivity contribution < 1.29 is 0 Å². The molecule has 19 heavy (non-hydrogen) atoms. The molecule has 0 unspecified atom stereocenters. The van der Waals surface area contributed by atoms with Crippen molar-refractivity contribution in [3.05, 3.63) is 53.6 Å². The number of hydrogen-bond donors (Lipinski definition) is 0. The Morgan fingerprint density at radius 1 is 0.947 bits per heavy atom. The molecule has 0 radical (unpaired) electrons. The van der Waals surface area contributed by atoms with Gasteiger partial charge in [0, 0.05) is 10.8 Å². The lowest BCUT2D eigenvalue weighted by atomic mass is 10.0. The van der Waals surface area contributed by atoms with E-state index < -0.39 is 0 Å². The van der Waals surface area contributed by atoms with Crippen LogP contribution < -0.4 is 0 Å². The molecular weight excluding hydrogens is 230 g/mol. The summed E-state index contributed by atoms with van der Waals surface area (Å²) in [5, 5.41) is 2.53. The summed E-state index contributed by atoms with van der Waals surface area (Å²) in [5.74, 6) is 0.808. The zero-order valence-corrected chi connectivity index (χ0v) is 11.2. The van der Waals surface area contributed by atoms with E-state index in [9.17, 15) is 0 Å². The summed E-state index contributed by atoms with van der Waals surface area (Å²) in [6, 6.07) is 15.7. The van der Waals surface area contributed by atoms with E-state index in [1.165, 1.54) is 34.7 Å². The van der Waals surface area contributed by atoms with Crippen molar-refractivity contribution in [2.75, 3.05) is 0 Å². The average molecular weight is 247 g/mol. The fraction of sp³-hybridized carbons (Fsp3) is 0.278. The van der Waals surface area contributed by atoms with Gasteiger partial charge < -0.3 is 0 Å². The molecule has 1 aliphatic carbocycles. The second-order valence-corrected chi connectivity index (χ2v) is 5.60. The molecule has 0 aliphatic heterocycles. The summed E-state index contributed by atoms with van der Waals surface area (Å²) in [6.07, 6.45) is 3.77. The number of aromatic nitrogens is 1. The topological polar surface area (TPSA) is 12.9 Å². The van der Waals surface area contributed by atoms with Crippen molar-refractivity contribution in [3.8, 4) is 0 Å². The number of aryl methyl sites for hydroxylation is 1. The first kappa shape index (κ1) is 11.0. The van der Waals surface area contributed by atoms with Gasteiger partial charge in [-0.15, -0.1) is 0 Å². The number of benzene rings is 2. The summed E-state index contributed by atoms with van der Waals surface area (Å²) in [5.41, 5.74) is 5.07. The molecule has 4 rings (SSSR count). The smallest absolute Gasteiger partial charge is 0.0712 e. The van der Waals surface area contributed by atoms with Gasteiger partial charge in [-0.05, 0) is 60.6 Å². The molecule has 1 heterocycles. The van der Waals surface area contributed by atoms with Crippen molar-refractivity contribution in [3.63, 3.8) is 0 Å². The minimum atomic E-state index is 0.808. The highest BCUT2D eigenvalue weighted by atomic mass is 14.7. The fourth-order valence-corrected chi connectivity index (χ4v) is 2.79. The molecular formula is C18H17N. The zero-order chi connectivity index (χ0) is 12.8. The first-order valence-corrected chi connectivity index (χ1v) is 7.17. The molecule has 0 atom stereocenters. The lowest BCUT2D eigenvalue weighted by Crippen LogP contribution is -1.87. The number of pyridine rings is 1. The maximum atomic E-state index is 4.81. The van der Waals surface area contributed by atoms with Gasteiger partial charge in [0.15, 0.2) is 0 Å². The molecule has 0 amide bonds. The minimum Gasteiger partial charge on any atom is -0.248 e. The summed E-state index contributed by atoms with van der Waals surface area (Å²) in [4.78, 5) is 4.81. The van der Waals surface area contributed by atoms with Gasteiger partial charge in [0.05, 0.1) is 11.0 Å². The standard InChI is InChI=1S/C18H17N/c1-2-12-3-4-15-11-16-10-14(13-5-6-13)7-8-17(16)19-18(15)9-12/h3-4,7-11,13H,2,5-6H2,1H3. The van der Waals surface area contributed by atoms with Gasteiger partial charge in [-0.3, -0.25) is 0 Å². The van der Waals surface area contributed by atoms with Crippen LogP contribution in [0, 0.1) is 0 Å². The Morgan fingerprint density at radius 2 is 1.84 bits per heavy atom. The molecule has 1 fully saturated rings. The lowest BCUT2D eigenvalue weighted by molar-refractivity contribution is 1.13. The summed E-state index contributed by atoms with van der Waals surface area (Å²) < 4.78 is 0. The van der Waals surface area contributed by atoms with Crippen LogP contribution >= 0.6 is 0 Å². The fourth-order valence-electron chi connectivity index (χ4n) is 2.79. The molecule has 0 spiro atoms. The Kier molecular flexibility index (Phi) is 2.34. The van der Waals surface area contributed by atoms with Crippen LogP contribution in [-0.2, 0) is 6.42 Å². The van der Waals surface area contributed by atoms with Gasteiger partial charge in [-0.25, -0.2) is 4.98 Å². The minimum absolute atomic E-state index is 0.808. The first-order valence-electron chi connectivity index (χ1n) is 7.17. The van der Waals surface area contributed by atoms with Crippen LogP contribution in [0.4, 0.5) is 0 Å². The van der Waals surface area contributed by atoms with Gasteiger partial charge in [0.1, 0.15) is 0 Å². The highest BCUT2D eigenvalue weighted by Gasteiger charge is 2.23. The highest BCUT2D eigenvalue weighted by molar-refractivity contribution is 5.93. The van der Waals surface area contributed by atoms with Crippen molar-refractivity contribution in [1.29, 1.82) is 0 Å². The van der Waals surface area contributed by atoms with E-state index in [2.05, 4.69) is 49.4 Å². The number of nitrogens with zero attached hydrogens (tertiary/aromatic N) is 1. The van der Waals surface area contributed by atoms with Crippen LogP contribution in [-0.4, -0.2) is 4.98 Å². The van der Waals surface area contributed by atoms with Gasteiger partial charge in [0.2, 0.25) is 0 Å². The predicted molar refractivity (Wildman–Crippen MR) is 80.6 cm³/mol. The quantitative estimate of drug-likeness (QED) is 0.591. The highest BCUT2D eigenvalue weighted by Crippen LogP contribution is 2.40. The Bertz CT molecular complexity index is 769. The SMILES string of the molecule is CCc1ccc2cc3cc(C4CC4)ccc3nc2c1. The maximum absolute atomic E-state index is 4.81. The predicted octanol–water partition coefficient (Wildman–Crippen LogP) is 4.83. The Morgan fingerprint density at radius 3 is 2.63 bits per heavy atom. The van der Waals surface area contributed by atoms with Crippen molar-refractivity contribution in [2.24, 2.45) is 0 Å². The van der Waals surface area contributed by atoms with E-state index in [-0.39, 0.29) is 0 Å². The third-order valence-electron chi connectivity index (χ3n) is 4.16. The van der Waals surface area contributed by atoms with Crippen molar-refractivity contribution in [2.45, 2.75) is 32.1 Å². The molecule has 1 aromatic heterocycles. The molecule has 1 nitrogen and oxygen atoms in total. The van der Waals surface area contributed by atoms with Gasteiger partial charge in [-0.1, -0.05) is 25.1 Å². The van der Waals surface area contributed by atoms with Gasteiger partial charge in [-0.2, -0.15) is 0 Å². The molecule has 0 bridgehead atoms. The van der Waals surface area contributed by atoms with E-state index in [0.29, 0.717) is 0 Å². The van der Waals surface area contributed by atoms with Crippen LogP contribution in [0.3, 0.4) is 0 Å². The van der Waals surface area contributed by atoms with Crippen molar-refractivity contribution in [1.82, 2.24) is 4.98 Å². The molecule has 3 aromatic rings. The summed E-state index contributed by atoms with van der Waals surface area (Å²) in [6.45, 7) is 2.18. The van der Waals surface area contributed by atoms with Gasteiger partial charge >= 0.3 is 0 Å².